The summed E-state index contributed by atoms with van der Waals surface area (Å²) in [4.78, 5) is 24.9. The Labute approximate surface area is 159 Å². The summed E-state index contributed by atoms with van der Waals surface area (Å²) in [6.07, 6.45) is 0. The lowest BCUT2D eigenvalue weighted by molar-refractivity contribution is -0.124. The fraction of sp³-hybridized carbons (Fsp3) is 0.300. The molecule has 0 aliphatic carbocycles. The van der Waals surface area contributed by atoms with Crippen molar-refractivity contribution in [3.05, 3.63) is 70.8 Å². The number of hydrogen-bond acceptors (Lipinski definition) is 2. The van der Waals surface area contributed by atoms with Crippen molar-refractivity contribution in [3.8, 4) is 0 Å². The van der Waals surface area contributed by atoms with E-state index >= 15 is 0 Å². The molecule has 0 aliphatic heterocycles. The van der Waals surface area contributed by atoms with Crippen LogP contribution in [-0.4, -0.2) is 17.9 Å². The molecule has 0 heterocycles. The number of rotatable bonds is 6. The monoisotopic (exact) mass is 396 g/mol. The Kier molecular flexibility index (Phi) is 6.77. The summed E-state index contributed by atoms with van der Waals surface area (Å²) in [5, 5.41) is 4.83. The molecule has 0 spiro atoms. The molecular weight excluding hydrogens is 376 g/mol. The molecule has 2 aromatic rings. The van der Waals surface area contributed by atoms with Gasteiger partial charge < -0.3 is 10.6 Å². The maximum atomic E-state index is 13.9. The van der Waals surface area contributed by atoms with Crippen molar-refractivity contribution in [2.45, 2.75) is 32.9 Å². The van der Waals surface area contributed by atoms with E-state index in [2.05, 4.69) is 10.6 Å². The maximum absolute atomic E-state index is 13.9. The van der Waals surface area contributed by atoms with E-state index in [4.69, 9.17) is 0 Å². The van der Waals surface area contributed by atoms with Crippen molar-refractivity contribution in [1.29, 1.82) is 0 Å². The van der Waals surface area contributed by atoms with Gasteiger partial charge in [0.1, 0.15) is 34.9 Å². The van der Waals surface area contributed by atoms with Crippen LogP contribution < -0.4 is 10.6 Å². The van der Waals surface area contributed by atoms with Gasteiger partial charge in [0.15, 0.2) is 0 Å². The van der Waals surface area contributed by atoms with E-state index in [1.54, 1.807) is 13.8 Å². The number of amides is 2. The van der Waals surface area contributed by atoms with Crippen molar-refractivity contribution in [1.82, 2.24) is 10.6 Å². The summed E-state index contributed by atoms with van der Waals surface area (Å²) < 4.78 is 54.5. The lowest BCUT2D eigenvalue weighted by atomic mass is 10.0. The van der Waals surface area contributed by atoms with Crippen LogP contribution >= 0.6 is 0 Å². The predicted molar refractivity (Wildman–Crippen MR) is 95.4 cm³/mol. The number of hydrogen-bond donors (Lipinski definition) is 2. The Morgan fingerprint density at radius 1 is 0.857 bits per heavy atom. The van der Waals surface area contributed by atoms with Gasteiger partial charge in [-0.05, 0) is 31.0 Å². The lowest BCUT2D eigenvalue weighted by Crippen LogP contribution is -2.50. The van der Waals surface area contributed by atoms with Crippen molar-refractivity contribution in [2.24, 2.45) is 5.92 Å². The molecule has 28 heavy (non-hydrogen) atoms. The molecule has 0 saturated heterocycles. The normalized spacial score (nSPS) is 13.1. The van der Waals surface area contributed by atoms with Crippen molar-refractivity contribution >= 4 is 11.8 Å². The Balaban J connectivity index is 2.17. The fourth-order valence-corrected chi connectivity index (χ4v) is 2.70. The van der Waals surface area contributed by atoms with Crippen molar-refractivity contribution in [3.63, 3.8) is 0 Å². The van der Waals surface area contributed by atoms with E-state index in [1.807, 2.05) is 0 Å². The zero-order chi connectivity index (χ0) is 21.0. The molecule has 150 valence electrons. The van der Waals surface area contributed by atoms with E-state index in [0.717, 1.165) is 24.3 Å². The van der Waals surface area contributed by atoms with Gasteiger partial charge in [0.05, 0.1) is 6.04 Å². The Morgan fingerprint density at radius 3 is 2.00 bits per heavy atom. The average molecular weight is 396 g/mol. The average Bonchev–Trinajstić information content (AvgIpc) is 2.58. The Morgan fingerprint density at radius 2 is 1.46 bits per heavy atom. The number of nitrogens with one attached hydrogen (secondary N) is 2. The Bertz CT molecular complexity index is 866. The van der Waals surface area contributed by atoms with Crippen LogP contribution in [0.4, 0.5) is 17.6 Å². The molecule has 2 N–H and O–H groups in total. The van der Waals surface area contributed by atoms with Gasteiger partial charge in [0.2, 0.25) is 5.91 Å². The molecule has 0 aliphatic rings. The number of carbonyl (C=O) groups is 2. The predicted octanol–water partition coefficient (Wildman–Crippen LogP) is 3.87. The molecule has 0 radical (unpaired) electrons. The summed E-state index contributed by atoms with van der Waals surface area (Å²) in [6, 6.07) is 3.99. The second-order valence-electron chi connectivity index (χ2n) is 6.69. The van der Waals surface area contributed by atoms with E-state index in [0.29, 0.717) is 6.07 Å². The third-order valence-electron chi connectivity index (χ3n) is 4.21. The molecule has 2 rings (SSSR count). The number of carbonyl (C=O) groups excluding carboxylic acids is 2. The van der Waals surface area contributed by atoms with E-state index in [1.165, 1.54) is 13.0 Å². The quantitative estimate of drug-likeness (QED) is 0.729. The zero-order valence-corrected chi connectivity index (χ0v) is 15.5. The van der Waals surface area contributed by atoms with Gasteiger partial charge in [-0.1, -0.05) is 26.0 Å². The van der Waals surface area contributed by atoms with Crippen LogP contribution in [0.5, 0.6) is 0 Å². The zero-order valence-electron chi connectivity index (χ0n) is 15.5. The molecule has 0 unspecified atom stereocenters. The summed E-state index contributed by atoms with van der Waals surface area (Å²) in [7, 11) is 0. The van der Waals surface area contributed by atoms with Gasteiger partial charge in [0, 0.05) is 11.6 Å². The first-order chi connectivity index (χ1) is 13.1. The van der Waals surface area contributed by atoms with Gasteiger partial charge in [-0.15, -0.1) is 0 Å². The number of benzene rings is 2. The number of halogens is 4. The van der Waals surface area contributed by atoms with Gasteiger partial charge >= 0.3 is 0 Å². The van der Waals surface area contributed by atoms with Gasteiger partial charge in [0.25, 0.3) is 5.91 Å². The third kappa shape index (κ3) is 4.88. The fourth-order valence-electron chi connectivity index (χ4n) is 2.70. The minimum absolute atomic E-state index is 0.0590. The summed E-state index contributed by atoms with van der Waals surface area (Å²) in [5.74, 6) is -5.86. The van der Waals surface area contributed by atoms with E-state index in [-0.39, 0.29) is 5.56 Å². The van der Waals surface area contributed by atoms with Crippen LogP contribution in [0.1, 0.15) is 42.7 Å². The van der Waals surface area contributed by atoms with Gasteiger partial charge in [-0.25, -0.2) is 17.6 Å². The van der Waals surface area contributed by atoms with E-state index < -0.39 is 58.6 Å². The minimum Gasteiger partial charge on any atom is -0.348 e. The van der Waals surface area contributed by atoms with Crippen LogP contribution in [0.2, 0.25) is 0 Å². The van der Waals surface area contributed by atoms with Crippen molar-refractivity contribution in [2.75, 3.05) is 0 Å². The summed E-state index contributed by atoms with van der Waals surface area (Å²) >= 11 is 0. The first-order valence-electron chi connectivity index (χ1n) is 8.62. The largest absolute Gasteiger partial charge is 0.348 e. The molecule has 2 aromatic carbocycles. The highest BCUT2D eigenvalue weighted by molar-refractivity contribution is 5.98. The van der Waals surface area contributed by atoms with Crippen LogP contribution in [0, 0.1) is 29.2 Å². The first kappa shape index (κ1) is 21.4. The first-order valence-corrected chi connectivity index (χ1v) is 8.62. The Hall–Kier alpha value is -2.90. The molecule has 2 atom stereocenters. The second kappa shape index (κ2) is 8.86. The van der Waals surface area contributed by atoms with E-state index in [9.17, 15) is 27.2 Å². The molecule has 0 fully saturated rings. The highest BCUT2D eigenvalue weighted by Crippen LogP contribution is 2.19. The molecule has 0 saturated carbocycles. The molecule has 0 bridgehead atoms. The topological polar surface area (TPSA) is 58.2 Å². The highest BCUT2D eigenvalue weighted by atomic mass is 19.1. The summed E-state index contributed by atoms with van der Waals surface area (Å²) in [6.45, 7) is 4.75. The SMILES string of the molecule is CC(C)[C@@H](NC(=O)c1c(F)cccc1F)C(=O)N[C@@H](C)c1ccc(F)cc1F. The van der Waals surface area contributed by atoms with Gasteiger partial charge in [-0.2, -0.15) is 0 Å². The standard InChI is InChI=1S/C20H20F4N2O2/c1-10(2)18(26-19(27)17-14(22)5-4-6-15(17)23)20(28)25-11(3)13-8-7-12(21)9-16(13)24/h4-11,18H,1-3H3,(H,25,28)(H,26,27)/t11-,18+/m0/s1. The molecular formula is C20H20F4N2O2. The lowest BCUT2D eigenvalue weighted by Gasteiger charge is -2.24. The van der Waals surface area contributed by atoms with Crippen LogP contribution in [0.3, 0.4) is 0 Å². The maximum Gasteiger partial charge on any atom is 0.257 e. The molecule has 4 nitrogen and oxygen atoms in total. The molecule has 0 aromatic heterocycles. The van der Waals surface area contributed by atoms with Gasteiger partial charge in [-0.3, -0.25) is 9.59 Å². The van der Waals surface area contributed by atoms with Crippen LogP contribution in [0.25, 0.3) is 0 Å². The third-order valence-corrected chi connectivity index (χ3v) is 4.21. The van der Waals surface area contributed by atoms with Crippen LogP contribution in [0.15, 0.2) is 36.4 Å². The smallest absolute Gasteiger partial charge is 0.257 e. The highest BCUT2D eigenvalue weighted by Gasteiger charge is 2.28. The minimum atomic E-state index is -1.13. The summed E-state index contributed by atoms with van der Waals surface area (Å²) in [5.41, 5.74) is -0.734. The molecule has 8 heteroatoms. The van der Waals surface area contributed by atoms with Crippen molar-refractivity contribution < 1.29 is 27.2 Å². The van der Waals surface area contributed by atoms with Crippen LogP contribution in [-0.2, 0) is 4.79 Å². The second-order valence-corrected chi connectivity index (χ2v) is 6.69. The molecule has 2 amide bonds.